The van der Waals surface area contributed by atoms with E-state index in [0.29, 0.717) is 11.8 Å². The molecule has 0 nitrogen and oxygen atoms in total. The van der Waals surface area contributed by atoms with Crippen LogP contribution in [0.15, 0.2) is 34.6 Å². The molecule has 0 fully saturated rings. The average Bonchev–Trinajstić information content (AvgIpc) is 2.37. The summed E-state index contributed by atoms with van der Waals surface area (Å²) >= 11 is 1.81. The Kier molecular flexibility index (Phi) is 3.49. The van der Waals surface area contributed by atoms with Crippen molar-refractivity contribution in [1.29, 1.82) is 0 Å². The lowest BCUT2D eigenvalue weighted by Crippen LogP contribution is -2.11. The smallest absolute Gasteiger partial charge is 0.0963 e. The molecule has 2 rings (SSSR count). The maximum Gasteiger partial charge on any atom is 0.113 e. The van der Waals surface area contributed by atoms with Gasteiger partial charge in [-0.3, -0.25) is 0 Å². The number of hydrogen-bond donors (Lipinski definition) is 0. The minimum Gasteiger partial charge on any atom is -0.0963 e. The Morgan fingerprint density at radius 3 is 2.94 bits per heavy atom. The van der Waals surface area contributed by atoms with Gasteiger partial charge in [-0.15, -0.1) is 0 Å². The first-order chi connectivity index (χ1) is 7.61. The molecule has 1 aromatic carbocycles. The molecule has 16 heavy (non-hydrogen) atoms. The Balaban J connectivity index is 2.46. The molecule has 2 atom stereocenters. The van der Waals surface area contributed by atoms with Crippen LogP contribution in [0, 0.1) is 5.92 Å². The summed E-state index contributed by atoms with van der Waals surface area (Å²) in [6, 6.07) is 6.25. The number of fused-ring (bicyclic) bond motifs is 1. The van der Waals surface area contributed by atoms with Gasteiger partial charge in [0.05, 0.1) is 0 Å². The molecule has 1 heterocycles. The van der Waals surface area contributed by atoms with Gasteiger partial charge in [0.25, 0.3) is 0 Å². The van der Waals surface area contributed by atoms with Crippen LogP contribution in [-0.2, 0) is 0 Å². The van der Waals surface area contributed by atoms with E-state index in [1.807, 2.05) is 17.8 Å². The van der Waals surface area contributed by atoms with Gasteiger partial charge in [0.2, 0.25) is 0 Å². The van der Waals surface area contributed by atoms with Gasteiger partial charge >= 0.3 is 0 Å². The molecule has 0 bridgehead atoms. The maximum absolute atomic E-state index is 5.88. The number of benzene rings is 1. The van der Waals surface area contributed by atoms with Crippen LogP contribution < -0.4 is 5.46 Å². The van der Waals surface area contributed by atoms with Crippen LogP contribution in [0.5, 0.6) is 0 Å². The normalized spacial score (nSPS) is 25.0. The fraction of sp³-hybridized carbons (Fsp3) is 0.429. The molecule has 0 saturated heterocycles. The third kappa shape index (κ3) is 2.22. The summed E-state index contributed by atoms with van der Waals surface area (Å²) in [5.41, 5.74) is 2.27. The summed E-state index contributed by atoms with van der Waals surface area (Å²) in [7, 11) is 5.88. The van der Waals surface area contributed by atoms with Crippen molar-refractivity contribution < 1.29 is 0 Å². The van der Waals surface area contributed by atoms with E-state index >= 15 is 0 Å². The first kappa shape index (κ1) is 11.8. The highest BCUT2D eigenvalue weighted by Crippen LogP contribution is 2.44. The molecule has 0 saturated carbocycles. The molecular formula is C14H17BS. The molecule has 2 radical (unpaired) electrons. The van der Waals surface area contributed by atoms with E-state index in [0.717, 1.165) is 11.9 Å². The second-order valence-electron chi connectivity index (χ2n) is 4.60. The highest BCUT2D eigenvalue weighted by molar-refractivity contribution is 8.03. The van der Waals surface area contributed by atoms with Crippen molar-refractivity contribution in [3.05, 3.63) is 35.2 Å². The van der Waals surface area contributed by atoms with Crippen LogP contribution in [-0.4, -0.2) is 7.85 Å². The lowest BCUT2D eigenvalue weighted by Gasteiger charge is -2.21. The molecule has 0 aromatic heterocycles. The fourth-order valence-electron chi connectivity index (χ4n) is 2.43. The van der Waals surface area contributed by atoms with E-state index in [1.165, 1.54) is 21.8 Å². The summed E-state index contributed by atoms with van der Waals surface area (Å²) < 4.78 is 0. The Labute approximate surface area is 104 Å². The Morgan fingerprint density at radius 1 is 1.50 bits per heavy atom. The average molecular weight is 228 g/mol. The van der Waals surface area contributed by atoms with Crippen LogP contribution in [0.4, 0.5) is 0 Å². The van der Waals surface area contributed by atoms with Crippen LogP contribution >= 0.6 is 11.8 Å². The molecule has 1 aliphatic rings. The molecule has 1 aromatic rings. The molecule has 1 aliphatic heterocycles. The molecule has 2 unspecified atom stereocenters. The molecule has 0 aliphatic carbocycles. The van der Waals surface area contributed by atoms with E-state index in [4.69, 9.17) is 7.85 Å². The predicted octanol–water partition coefficient (Wildman–Crippen LogP) is 3.62. The summed E-state index contributed by atoms with van der Waals surface area (Å²) in [6.45, 7) is 8.73. The van der Waals surface area contributed by atoms with Crippen molar-refractivity contribution in [2.24, 2.45) is 5.92 Å². The highest BCUT2D eigenvalue weighted by atomic mass is 32.2. The topological polar surface area (TPSA) is 0 Å². The zero-order valence-corrected chi connectivity index (χ0v) is 10.8. The van der Waals surface area contributed by atoms with Gasteiger partial charge in [0.15, 0.2) is 0 Å². The monoisotopic (exact) mass is 228 g/mol. The van der Waals surface area contributed by atoms with Crippen LogP contribution in [0.2, 0.25) is 0 Å². The lowest BCUT2D eigenvalue weighted by atomic mass is 9.81. The number of rotatable bonds is 1. The van der Waals surface area contributed by atoms with Crippen molar-refractivity contribution in [3.63, 3.8) is 0 Å². The van der Waals surface area contributed by atoms with Crippen LogP contribution in [0.1, 0.15) is 38.2 Å². The maximum atomic E-state index is 5.88. The van der Waals surface area contributed by atoms with E-state index < -0.39 is 0 Å². The first-order valence-electron chi connectivity index (χ1n) is 5.87. The Bertz CT molecular complexity index is 411. The summed E-state index contributed by atoms with van der Waals surface area (Å²) in [5, 5.41) is 0. The standard InChI is InChI=1S/C14H17BS/c1-4-11-7-9(2)16-14-6-5-12(15)8-13(14)10(11)3/h5-6,8,10-11H,2,4,7H2,1,3H3. The minimum atomic E-state index is 0.579. The van der Waals surface area contributed by atoms with Gasteiger partial charge in [-0.2, -0.15) is 0 Å². The van der Waals surface area contributed by atoms with Gasteiger partial charge in [-0.1, -0.05) is 56.2 Å². The van der Waals surface area contributed by atoms with Crippen molar-refractivity contribution in [3.8, 4) is 0 Å². The Hall–Kier alpha value is -0.625. The van der Waals surface area contributed by atoms with Gasteiger partial charge in [-0.05, 0) is 34.8 Å². The van der Waals surface area contributed by atoms with E-state index in [-0.39, 0.29) is 0 Å². The van der Waals surface area contributed by atoms with Gasteiger partial charge in [-0.25, -0.2) is 0 Å². The summed E-state index contributed by atoms with van der Waals surface area (Å²) in [5.74, 6) is 1.28. The fourth-order valence-corrected chi connectivity index (χ4v) is 3.54. The van der Waals surface area contributed by atoms with Gasteiger partial charge in [0, 0.05) is 4.90 Å². The molecular weight excluding hydrogens is 211 g/mol. The van der Waals surface area contributed by atoms with Crippen molar-refractivity contribution in [2.75, 3.05) is 0 Å². The van der Waals surface area contributed by atoms with Gasteiger partial charge < -0.3 is 0 Å². The summed E-state index contributed by atoms with van der Waals surface area (Å²) in [6.07, 6.45) is 2.33. The second-order valence-corrected chi connectivity index (χ2v) is 5.82. The summed E-state index contributed by atoms with van der Waals surface area (Å²) in [4.78, 5) is 2.62. The molecule has 2 heteroatoms. The van der Waals surface area contributed by atoms with E-state index in [9.17, 15) is 0 Å². The van der Waals surface area contributed by atoms with E-state index in [2.05, 4.69) is 32.6 Å². The predicted molar refractivity (Wildman–Crippen MR) is 73.6 cm³/mol. The zero-order chi connectivity index (χ0) is 11.7. The number of allylic oxidation sites excluding steroid dienone is 1. The van der Waals surface area contributed by atoms with Gasteiger partial charge in [0.1, 0.15) is 7.85 Å². The molecule has 0 N–H and O–H groups in total. The second kappa shape index (κ2) is 4.71. The van der Waals surface area contributed by atoms with Crippen molar-refractivity contribution in [2.45, 2.75) is 37.5 Å². The zero-order valence-electron chi connectivity index (χ0n) is 9.99. The van der Waals surface area contributed by atoms with Crippen LogP contribution in [0.25, 0.3) is 0 Å². The quantitative estimate of drug-likeness (QED) is 0.661. The molecule has 82 valence electrons. The lowest BCUT2D eigenvalue weighted by molar-refractivity contribution is 0.434. The largest absolute Gasteiger partial charge is 0.113 e. The van der Waals surface area contributed by atoms with E-state index in [1.54, 1.807) is 0 Å². The third-order valence-electron chi connectivity index (χ3n) is 3.50. The molecule has 0 spiro atoms. The minimum absolute atomic E-state index is 0.579. The van der Waals surface area contributed by atoms with Crippen molar-refractivity contribution >= 4 is 25.1 Å². The first-order valence-corrected chi connectivity index (χ1v) is 6.68. The van der Waals surface area contributed by atoms with Crippen LogP contribution in [0.3, 0.4) is 0 Å². The third-order valence-corrected chi connectivity index (χ3v) is 4.55. The van der Waals surface area contributed by atoms with Crippen molar-refractivity contribution in [1.82, 2.24) is 0 Å². The number of hydrogen-bond acceptors (Lipinski definition) is 1. The Morgan fingerprint density at radius 2 is 2.25 bits per heavy atom. The molecule has 0 amide bonds. The SMILES string of the molecule is [B]c1ccc2c(c1)C(C)C(CC)CC(=C)S2. The highest BCUT2D eigenvalue weighted by Gasteiger charge is 2.24. The number of thioether (sulfide) groups is 1.